The molecule has 156 valence electrons. The van der Waals surface area contributed by atoms with E-state index in [4.69, 9.17) is 16.2 Å². The van der Waals surface area contributed by atoms with E-state index in [-0.39, 0.29) is 43.3 Å². The number of nitrogens with two attached hydrogens (primary N) is 2. The maximum Gasteiger partial charge on any atom is 0.248 e. The molecule has 1 saturated heterocycles. The molecule has 0 aromatic heterocycles. The van der Waals surface area contributed by atoms with Crippen LogP contribution in [0.5, 0.6) is 5.75 Å². The molecule has 1 heterocycles. The number of ether oxygens (including phenoxy) is 1. The fourth-order valence-corrected chi connectivity index (χ4v) is 3.13. The van der Waals surface area contributed by atoms with Crippen LogP contribution in [0.15, 0.2) is 24.3 Å². The van der Waals surface area contributed by atoms with Gasteiger partial charge in [0, 0.05) is 37.7 Å². The summed E-state index contributed by atoms with van der Waals surface area (Å²) in [6, 6.07) is 6.57. The Balaban J connectivity index is 0.00000392. The van der Waals surface area contributed by atoms with E-state index in [9.17, 15) is 14.4 Å². The van der Waals surface area contributed by atoms with E-state index in [0.29, 0.717) is 37.4 Å². The van der Waals surface area contributed by atoms with Crippen LogP contribution in [0.1, 0.15) is 42.5 Å². The van der Waals surface area contributed by atoms with Crippen LogP contribution in [-0.4, -0.2) is 54.9 Å². The second kappa shape index (κ2) is 12.2. The number of hydrogen-bond acceptors (Lipinski definition) is 5. The van der Waals surface area contributed by atoms with Crippen LogP contribution in [-0.2, 0) is 9.59 Å². The second-order valence-corrected chi connectivity index (χ2v) is 6.57. The molecule has 3 amide bonds. The fourth-order valence-electron chi connectivity index (χ4n) is 3.13. The largest absolute Gasteiger partial charge is 0.493 e. The molecule has 0 bridgehead atoms. The van der Waals surface area contributed by atoms with Gasteiger partial charge in [0.15, 0.2) is 0 Å². The summed E-state index contributed by atoms with van der Waals surface area (Å²) in [5.74, 6) is -0.111. The van der Waals surface area contributed by atoms with Gasteiger partial charge in [0.05, 0.1) is 13.0 Å². The van der Waals surface area contributed by atoms with Gasteiger partial charge < -0.3 is 26.4 Å². The molecule has 1 aliphatic rings. The van der Waals surface area contributed by atoms with Crippen molar-refractivity contribution in [3.8, 4) is 5.75 Å². The smallest absolute Gasteiger partial charge is 0.248 e. The number of likely N-dealkylation sites (tertiary alicyclic amines) is 1. The van der Waals surface area contributed by atoms with Gasteiger partial charge in [-0.2, -0.15) is 0 Å². The van der Waals surface area contributed by atoms with Crippen molar-refractivity contribution in [1.29, 1.82) is 0 Å². The lowest BCUT2D eigenvalue weighted by Gasteiger charge is -2.36. The average molecular weight is 413 g/mol. The van der Waals surface area contributed by atoms with Crippen molar-refractivity contribution < 1.29 is 19.1 Å². The third kappa shape index (κ3) is 7.36. The first kappa shape index (κ1) is 23.7. The number of nitrogens with zero attached hydrogens (tertiary/aromatic N) is 1. The van der Waals surface area contributed by atoms with Crippen molar-refractivity contribution in [2.45, 2.75) is 38.1 Å². The third-order valence-electron chi connectivity index (χ3n) is 4.56. The Labute approximate surface area is 171 Å². The number of benzene rings is 1. The number of rotatable bonds is 9. The minimum absolute atomic E-state index is 0. The number of carbonyl (C=O) groups is 3. The van der Waals surface area contributed by atoms with Crippen molar-refractivity contribution in [2.75, 3.05) is 26.2 Å². The summed E-state index contributed by atoms with van der Waals surface area (Å²) in [4.78, 5) is 37.2. The van der Waals surface area contributed by atoms with E-state index in [2.05, 4.69) is 5.32 Å². The number of carbonyl (C=O) groups excluding carboxylic acids is 3. The van der Waals surface area contributed by atoms with Gasteiger partial charge in [-0.15, -0.1) is 12.4 Å². The van der Waals surface area contributed by atoms with E-state index in [0.717, 1.165) is 19.3 Å². The van der Waals surface area contributed by atoms with Crippen LogP contribution in [0.3, 0.4) is 0 Å². The van der Waals surface area contributed by atoms with E-state index in [1.807, 2.05) is 4.90 Å². The van der Waals surface area contributed by atoms with Gasteiger partial charge in [-0.25, -0.2) is 0 Å². The lowest BCUT2D eigenvalue weighted by atomic mass is 10.0. The molecule has 0 radical (unpaired) electrons. The predicted octanol–water partition coefficient (Wildman–Crippen LogP) is 0.822. The van der Waals surface area contributed by atoms with Crippen LogP contribution >= 0.6 is 12.4 Å². The van der Waals surface area contributed by atoms with Crippen molar-refractivity contribution in [3.05, 3.63) is 29.8 Å². The van der Waals surface area contributed by atoms with Crippen LogP contribution in [0, 0.1) is 0 Å². The molecule has 1 fully saturated rings. The highest BCUT2D eigenvalue weighted by Crippen LogP contribution is 2.18. The molecule has 9 heteroatoms. The number of piperidine rings is 1. The zero-order chi connectivity index (χ0) is 19.6. The highest BCUT2D eigenvalue weighted by atomic mass is 35.5. The Bertz CT molecular complexity index is 671. The number of amides is 3. The standard InChI is InChI=1S/C19H28N4O4.ClH/c20-9-7-17(24)22-13-15-5-1-2-10-23(15)18(25)8-11-27-16-6-3-4-14(12-16)19(21)26;/h3-4,6,12,15H,1-2,5,7-11,13,20H2,(H2,21,26)(H,22,24);1H. The zero-order valence-electron chi connectivity index (χ0n) is 15.9. The molecule has 1 unspecified atom stereocenters. The highest BCUT2D eigenvalue weighted by molar-refractivity contribution is 5.93. The van der Waals surface area contributed by atoms with Gasteiger partial charge in [-0.1, -0.05) is 6.07 Å². The fraction of sp³-hybridized carbons (Fsp3) is 0.526. The molecule has 0 spiro atoms. The number of nitrogens with one attached hydrogen (secondary N) is 1. The van der Waals surface area contributed by atoms with Gasteiger partial charge in [-0.3, -0.25) is 14.4 Å². The van der Waals surface area contributed by atoms with Crippen LogP contribution in [0.25, 0.3) is 0 Å². The van der Waals surface area contributed by atoms with Gasteiger partial charge in [0.2, 0.25) is 17.7 Å². The number of halogens is 1. The van der Waals surface area contributed by atoms with E-state index in [1.54, 1.807) is 24.3 Å². The highest BCUT2D eigenvalue weighted by Gasteiger charge is 2.26. The van der Waals surface area contributed by atoms with Crippen molar-refractivity contribution in [3.63, 3.8) is 0 Å². The summed E-state index contributed by atoms with van der Waals surface area (Å²) in [6.07, 6.45) is 3.39. The Kier molecular flexibility index (Phi) is 10.3. The Morgan fingerprint density at radius 2 is 2.00 bits per heavy atom. The van der Waals surface area contributed by atoms with E-state index < -0.39 is 5.91 Å². The van der Waals surface area contributed by atoms with Gasteiger partial charge in [-0.05, 0) is 37.5 Å². The molecule has 5 N–H and O–H groups in total. The van der Waals surface area contributed by atoms with Crippen molar-refractivity contribution >= 4 is 30.1 Å². The molecule has 1 aromatic rings. The van der Waals surface area contributed by atoms with Crippen LogP contribution < -0.4 is 21.5 Å². The summed E-state index contributed by atoms with van der Waals surface area (Å²) in [5, 5.41) is 2.85. The second-order valence-electron chi connectivity index (χ2n) is 6.57. The number of hydrogen-bond donors (Lipinski definition) is 3. The molecule has 1 aliphatic heterocycles. The molecule has 0 saturated carbocycles. The minimum atomic E-state index is -0.524. The molecule has 28 heavy (non-hydrogen) atoms. The van der Waals surface area contributed by atoms with E-state index in [1.165, 1.54) is 0 Å². The maximum atomic E-state index is 12.6. The first-order valence-electron chi connectivity index (χ1n) is 9.30. The Morgan fingerprint density at radius 3 is 2.71 bits per heavy atom. The third-order valence-corrected chi connectivity index (χ3v) is 4.56. The maximum absolute atomic E-state index is 12.6. The monoisotopic (exact) mass is 412 g/mol. The van der Waals surface area contributed by atoms with Gasteiger partial charge in [0.1, 0.15) is 5.75 Å². The summed E-state index contributed by atoms with van der Waals surface area (Å²) < 4.78 is 5.58. The average Bonchev–Trinajstić information content (AvgIpc) is 2.67. The summed E-state index contributed by atoms with van der Waals surface area (Å²) in [5.41, 5.74) is 11.0. The number of primary amides is 1. The van der Waals surface area contributed by atoms with Crippen molar-refractivity contribution in [1.82, 2.24) is 10.2 Å². The summed E-state index contributed by atoms with van der Waals surface area (Å²) >= 11 is 0. The molecule has 0 aliphatic carbocycles. The molecule has 8 nitrogen and oxygen atoms in total. The van der Waals surface area contributed by atoms with Gasteiger partial charge >= 0.3 is 0 Å². The van der Waals surface area contributed by atoms with Crippen LogP contribution in [0.4, 0.5) is 0 Å². The first-order valence-corrected chi connectivity index (χ1v) is 9.30. The van der Waals surface area contributed by atoms with Crippen LogP contribution in [0.2, 0.25) is 0 Å². The molecule has 1 aromatic carbocycles. The Morgan fingerprint density at radius 1 is 1.21 bits per heavy atom. The lowest BCUT2D eigenvalue weighted by molar-refractivity contribution is -0.136. The predicted molar refractivity (Wildman–Crippen MR) is 108 cm³/mol. The quantitative estimate of drug-likeness (QED) is 0.553. The molecule has 1 atom stereocenters. The van der Waals surface area contributed by atoms with Crippen molar-refractivity contribution in [2.24, 2.45) is 11.5 Å². The SMILES string of the molecule is Cl.NCCC(=O)NCC1CCCCN1C(=O)CCOc1cccc(C(N)=O)c1. The Hall–Kier alpha value is -2.32. The molecular weight excluding hydrogens is 384 g/mol. The molecular formula is C19H29ClN4O4. The minimum Gasteiger partial charge on any atom is -0.493 e. The molecule has 2 rings (SSSR count). The topological polar surface area (TPSA) is 128 Å². The lowest BCUT2D eigenvalue weighted by Crippen LogP contribution is -2.49. The van der Waals surface area contributed by atoms with E-state index >= 15 is 0 Å². The normalized spacial score (nSPS) is 16.0. The summed E-state index contributed by atoms with van der Waals surface area (Å²) in [6.45, 7) is 1.66. The van der Waals surface area contributed by atoms with Gasteiger partial charge in [0.25, 0.3) is 0 Å². The summed E-state index contributed by atoms with van der Waals surface area (Å²) in [7, 11) is 0. The zero-order valence-corrected chi connectivity index (χ0v) is 16.7. The first-order chi connectivity index (χ1) is 13.0.